The molecule has 2 unspecified atom stereocenters. The molecule has 0 aliphatic rings. The molecule has 0 heterocycles. The molecule has 1 aromatic carbocycles. The number of rotatable bonds is 5. The molecule has 0 bridgehead atoms. The molecule has 0 fully saturated rings. The molecule has 2 atom stereocenters. The van der Waals surface area contributed by atoms with E-state index >= 15 is 0 Å². The molecule has 18 heavy (non-hydrogen) atoms. The molecule has 0 radical (unpaired) electrons. The number of nitrogens with zero attached hydrogens (tertiary/aromatic N) is 1. The zero-order chi connectivity index (χ0) is 13.7. The Hall–Kier alpha value is -1.67. The smallest absolute Gasteiger partial charge is 0.319 e. The highest BCUT2D eigenvalue weighted by atomic mass is 32.2. The molecule has 5 heteroatoms. The van der Waals surface area contributed by atoms with Gasteiger partial charge in [-0.05, 0) is 23.6 Å². The van der Waals surface area contributed by atoms with E-state index in [0.29, 0.717) is 5.56 Å². The van der Waals surface area contributed by atoms with Gasteiger partial charge in [-0.1, -0.05) is 26.0 Å². The van der Waals surface area contributed by atoms with E-state index < -0.39 is 22.0 Å². The zero-order valence-electron chi connectivity index (χ0n) is 10.3. The van der Waals surface area contributed by atoms with Crippen LogP contribution >= 0.6 is 0 Å². The predicted molar refractivity (Wildman–Crippen MR) is 69.3 cm³/mol. The average molecular weight is 265 g/mol. The van der Waals surface area contributed by atoms with Crippen molar-refractivity contribution in [2.75, 3.05) is 0 Å². The van der Waals surface area contributed by atoms with Crippen LogP contribution in [0.15, 0.2) is 24.3 Å². The lowest BCUT2D eigenvalue weighted by molar-refractivity contribution is -0.137. The van der Waals surface area contributed by atoms with Gasteiger partial charge in [0, 0.05) is 16.6 Å². The van der Waals surface area contributed by atoms with Crippen molar-refractivity contribution < 1.29 is 14.1 Å². The van der Waals surface area contributed by atoms with E-state index in [0.717, 1.165) is 5.56 Å². The lowest BCUT2D eigenvalue weighted by atomic mass is 10.1. The molecular formula is C13H15NO3S. The second-order valence-electron chi connectivity index (χ2n) is 4.34. The van der Waals surface area contributed by atoms with E-state index in [2.05, 4.69) is 0 Å². The van der Waals surface area contributed by atoms with Crippen LogP contribution in [0.2, 0.25) is 0 Å². The SMILES string of the molecule is CC(C)C(C(=O)O)S(=O)Cc1cccc(C#N)c1. The molecule has 96 valence electrons. The van der Waals surface area contributed by atoms with E-state index in [9.17, 15) is 9.00 Å². The van der Waals surface area contributed by atoms with E-state index in [-0.39, 0.29) is 11.7 Å². The largest absolute Gasteiger partial charge is 0.480 e. The van der Waals surface area contributed by atoms with Crippen molar-refractivity contribution in [3.05, 3.63) is 35.4 Å². The average Bonchev–Trinajstić information content (AvgIpc) is 2.28. The summed E-state index contributed by atoms with van der Waals surface area (Å²) in [4.78, 5) is 11.1. The molecule has 0 aliphatic carbocycles. The van der Waals surface area contributed by atoms with Crippen molar-refractivity contribution in [2.45, 2.75) is 24.9 Å². The third kappa shape index (κ3) is 3.67. The van der Waals surface area contributed by atoms with Gasteiger partial charge < -0.3 is 5.11 Å². The zero-order valence-corrected chi connectivity index (χ0v) is 11.1. The summed E-state index contributed by atoms with van der Waals surface area (Å²) in [5.41, 5.74) is 1.21. The Labute approximate surface area is 109 Å². The van der Waals surface area contributed by atoms with Crippen molar-refractivity contribution >= 4 is 16.8 Å². The number of carbonyl (C=O) groups is 1. The Morgan fingerprint density at radius 3 is 2.67 bits per heavy atom. The molecule has 0 saturated heterocycles. The summed E-state index contributed by atoms with van der Waals surface area (Å²) in [6.45, 7) is 3.48. The number of hydrogen-bond donors (Lipinski definition) is 1. The van der Waals surface area contributed by atoms with Crippen LogP contribution in [-0.4, -0.2) is 20.5 Å². The first-order chi connectivity index (χ1) is 8.45. The Kier molecular flexibility index (Phi) is 5.05. The first-order valence-electron chi connectivity index (χ1n) is 5.54. The quantitative estimate of drug-likeness (QED) is 0.882. The maximum atomic E-state index is 12.0. The van der Waals surface area contributed by atoms with Gasteiger partial charge in [0.15, 0.2) is 0 Å². The fourth-order valence-electron chi connectivity index (χ4n) is 1.69. The minimum absolute atomic E-state index is 0.157. The summed E-state index contributed by atoms with van der Waals surface area (Å²) in [6.07, 6.45) is 0. The minimum Gasteiger partial charge on any atom is -0.480 e. The van der Waals surface area contributed by atoms with Crippen LogP contribution in [0.1, 0.15) is 25.0 Å². The lowest BCUT2D eigenvalue weighted by Gasteiger charge is -2.15. The third-order valence-electron chi connectivity index (χ3n) is 2.50. The van der Waals surface area contributed by atoms with Gasteiger partial charge in [-0.25, -0.2) is 0 Å². The van der Waals surface area contributed by atoms with Crippen LogP contribution < -0.4 is 0 Å². The third-order valence-corrected chi connectivity index (χ3v) is 4.43. The second kappa shape index (κ2) is 6.31. The van der Waals surface area contributed by atoms with E-state index in [1.165, 1.54) is 0 Å². The molecule has 0 spiro atoms. The van der Waals surface area contributed by atoms with Crippen molar-refractivity contribution in [3.63, 3.8) is 0 Å². The number of nitriles is 1. The van der Waals surface area contributed by atoms with Crippen molar-refractivity contribution in [1.82, 2.24) is 0 Å². The van der Waals surface area contributed by atoms with Crippen LogP contribution in [-0.2, 0) is 21.3 Å². The van der Waals surface area contributed by atoms with Crippen LogP contribution in [0.25, 0.3) is 0 Å². The highest BCUT2D eigenvalue weighted by Gasteiger charge is 2.28. The molecule has 1 rings (SSSR count). The van der Waals surface area contributed by atoms with Gasteiger partial charge in [-0.3, -0.25) is 9.00 Å². The molecule has 4 nitrogen and oxygen atoms in total. The standard InChI is InChI=1S/C13H15NO3S/c1-9(2)12(13(15)16)18(17)8-11-5-3-4-10(6-11)7-14/h3-6,9,12H,8H2,1-2H3,(H,15,16). The van der Waals surface area contributed by atoms with Crippen molar-refractivity contribution in [2.24, 2.45) is 5.92 Å². The minimum atomic E-state index is -1.49. The highest BCUT2D eigenvalue weighted by molar-refractivity contribution is 7.85. The van der Waals surface area contributed by atoms with Crippen LogP contribution in [0.4, 0.5) is 0 Å². The number of benzene rings is 1. The first kappa shape index (κ1) is 14.4. The van der Waals surface area contributed by atoms with Crippen LogP contribution in [0, 0.1) is 17.2 Å². The van der Waals surface area contributed by atoms with Gasteiger partial charge in [-0.2, -0.15) is 5.26 Å². The normalized spacial score (nSPS) is 13.9. The van der Waals surface area contributed by atoms with Crippen molar-refractivity contribution in [3.8, 4) is 6.07 Å². The lowest BCUT2D eigenvalue weighted by Crippen LogP contribution is -2.31. The monoisotopic (exact) mass is 265 g/mol. The van der Waals surface area contributed by atoms with E-state index in [1.54, 1.807) is 38.1 Å². The first-order valence-corrected chi connectivity index (χ1v) is 6.93. The Morgan fingerprint density at radius 1 is 1.50 bits per heavy atom. The van der Waals surface area contributed by atoms with E-state index in [1.807, 2.05) is 6.07 Å². The molecule has 0 aromatic heterocycles. The van der Waals surface area contributed by atoms with Gasteiger partial charge >= 0.3 is 5.97 Å². The molecule has 1 N–H and O–H groups in total. The molecule has 0 saturated carbocycles. The van der Waals surface area contributed by atoms with Gasteiger partial charge in [0.2, 0.25) is 0 Å². The second-order valence-corrected chi connectivity index (χ2v) is 5.90. The van der Waals surface area contributed by atoms with E-state index in [4.69, 9.17) is 10.4 Å². The van der Waals surface area contributed by atoms with Crippen LogP contribution in [0.5, 0.6) is 0 Å². The maximum absolute atomic E-state index is 12.0. The fraction of sp³-hybridized carbons (Fsp3) is 0.385. The van der Waals surface area contributed by atoms with Gasteiger partial charge in [0.05, 0.1) is 11.6 Å². The number of aliphatic carboxylic acids is 1. The summed E-state index contributed by atoms with van der Waals surface area (Å²) in [5, 5.41) is 16.9. The molecular weight excluding hydrogens is 250 g/mol. The maximum Gasteiger partial charge on any atom is 0.319 e. The number of hydrogen-bond acceptors (Lipinski definition) is 3. The summed E-state index contributed by atoms with van der Waals surface area (Å²) in [5.74, 6) is -1.08. The summed E-state index contributed by atoms with van der Waals surface area (Å²) in [7, 11) is -1.49. The predicted octanol–water partition coefficient (Wildman–Crippen LogP) is 1.92. The summed E-state index contributed by atoms with van der Waals surface area (Å²) in [6, 6.07) is 8.75. The Morgan fingerprint density at radius 2 is 2.17 bits per heavy atom. The number of carboxylic acids is 1. The molecule has 0 amide bonds. The Balaban J connectivity index is 2.86. The van der Waals surface area contributed by atoms with Gasteiger partial charge in [0.1, 0.15) is 5.25 Å². The summed E-state index contributed by atoms with van der Waals surface area (Å²) >= 11 is 0. The van der Waals surface area contributed by atoms with Gasteiger partial charge in [0.25, 0.3) is 0 Å². The molecule has 0 aliphatic heterocycles. The fourth-order valence-corrected chi connectivity index (χ4v) is 3.21. The Bertz CT molecular complexity index is 505. The highest BCUT2D eigenvalue weighted by Crippen LogP contribution is 2.15. The topological polar surface area (TPSA) is 78.2 Å². The molecule has 1 aromatic rings. The summed E-state index contributed by atoms with van der Waals surface area (Å²) < 4.78 is 12.0. The number of carboxylic acid groups (broad SMARTS) is 1. The van der Waals surface area contributed by atoms with Gasteiger partial charge in [-0.15, -0.1) is 0 Å². The van der Waals surface area contributed by atoms with Crippen LogP contribution in [0.3, 0.4) is 0 Å². The van der Waals surface area contributed by atoms with Crippen molar-refractivity contribution in [1.29, 1.82) is 5.26 Å².